The first kappa shape index (κ1) is 23.6. The molecule has 0 fully saturated rings. The minimum atomic E-state index is -0.195. The Bertz CT molecular complexity index is 1540. The third-order valence-corrected chi connectivity index (χ3v) is 5.78. The molecule has 5 aromatic rings. The van der Waals surface area contributed by atoms with Gasteiger partial charge in [0.25, 0.3) is 0 Å². The number of carbonyl (C=O) groups is 1. The number of nitrogens with zero attached hydrogens (tertiary/aromatic N) is 4. The molecule has 1 aromatic heterocycles. The molecule has 1 heterocycles. The summed E-state index contributed by atoms with van der Waals surface area (Å²) in [6.45, 7) is 0. The van der Waals surface area contributed by atoms with Crippen LogP contribution in [0, 0.1) is 0 Å². The van der Waals surface area contributed by atoms with Gasteiger partial charge >= 0.3 is 0 Å². The van der Waals surface area contributed by atoms with Gasteiger partial charge in [0.05, 0.1) is 19.0 Å². The number of ketones is 1. The highest BCUT2D eigenvalue weighted by atomic mass is 16.5. The Morgan fingerprint density at radius 1 is 0.784 bits per heavy atom. The molecule has 0 saturated carbocycles. The lowest BCUT2D eigenvalue weighted by Crippen LogP contribution is -2.15. The van der Waals surface area contributed by atoms with Crippen molar-refractivity contribution < 1.29 is 9.53 Å². The van der Waals surface area contributed by atoms with Crippen molar-refractivity contribution in [3.05, 3.63) is 138 Å². The Kier molecular flexibility index (Phi) is 7.09. The molecule has 0 aliphatic carbocycles. The molecule has 0 bridgehead atoms. The molecule has 0 amide bonds. The third kappa shape index (κ3) is 5.44. The van der Waals surface area contributed by atoms with Crippen LogP contribution in [0.15, 0.2) is 132 Å². The van der Waals surface area contributed by atoms with E-state index >= 15 is 0 Å². The fourth-order valence-corrected chi connectivity index (χ4v) is 3.87. The first-order valence-corrected chi connectivity index (χ1v) is 11.8. The van der Waals surface area contributed by atoms with Crippen LogP contribution in [-0.4, -0.2) is 34.6 Å². The minimum Gasteiger partial charge on any atom is -0.497 e. The van der Waals surface area contributed by atoms with Crippen LogP contribution in [0.5, 0.6) is 5.75 Å². The van der Waals surface area contributed by atoms with Crippen LogP contribution in [0.3, 0.4) is 0 Å². The van der Waals surface area contributed by atoms with Gasteiger partial charge in [-0.2, -0.15) is 10.2 Å². The van der Waals surface area contributed by atoms with Crippen molar-refractivity contribution >= 4 is 17.7 Å². The molecule has 5 rings (SSSR count). The number of ether oxygens (including phenoxy) is 1. The molecule has 6 nitrogen and oxygen atoms in total. The Hall–Kier alpha value is -5.10. The van der Waals surface area contributed by atoms with Gasteiger partial charge < -0.3 is 4.74 Å². The number of hydrogen-bond donors (Lipinski definition) is 0. The van der Waals surface area contributed by atoms with E-state index in [1.54, 1.807) is 30.1 Å². The average Bonchev–Trinajstić information content (AvgIpc) is 3.40. The number of methoxy groups -OCH3 is 1. The second-order valence-corrected chi connectivity index (χ2v) is 8.20. The van der Waals surface area contributed by atoms with Crippen LogP contribution < -0.4 is 4.74 Å². The molecule has 180 valence electrons. The number of para-hydroxylation sites is 1. The molecule has 0 atom stereocenters. The van der Waals surface area contributed by atoms with Gasteiger partial charge in [0, 0.05) is 28.5 Å². The van der Waals surface area contributed by atoms with Gasteiger partial charge in [-0.25, -0.2) is 4.68 Å². The second kappa shape index (κ2) is 11.1. The van der Waals surface area contributed by atoms with E-state index in [2.05, 4.69) is 10.2 Å². The van der Waals surface area contributed by atoms with E-state index in [0.717, 1.165) is 28.3 Å². The Labute approximate surface area is 215 Å². The summed E-state index contributed by atoms with van der Waals surface area (Å²) in [4.78, 5) is 13.3. The Morgan fingerprint density at radius 3 is 2.00 bits per heavy atom. The molecule has 0 radical (unpaired) electrons. The highest BCUT2D eigenvalue weighted by Crippen LogP contribution is 2.25. The Balaban J connectivity index is 1.56. The maximum Gasteiger partial charge on any atom is 0.213 e. The van der Waals surface area contributed by atoms with E-state index < -0.39 is 0 Å². The molecule has 4 aromatic carbocycles. The van der Waals surface area contributed by atoms with Crippen LogP contribution in [0.4, 0.5) is 0 Å². The van der Waals surface area contributed by atoms with Crippen molar-refractivity contribution in [3.63, 3.8) is 0 Å². The van der Waals surface area contributed by atoms with Crippen LogP contribution in [0.25, 0.3) is 16.9 Å². The predicted molar refractivity (Wildman–Crippen MR) is 147 cm³/mol. The fraction of sp³-hybridized carbons (Fsp3) is 0.0323. The van der Waals surface area contributed by atoms with Crippen LogP contribution in [-0.2, 0) is 0 Å². The highest BCUT2D eigenvalue weighted by Gasteiger charge is 2.16. The lowest BCUT2D eigenvalue weighted by molar-refractivity contribution is 0.106. The molecule has 0 spiro atoms. The van der Waals surface area contributed by atoms with Crippen molar-refractivity contribution in [2.24, 2.45) is 10.2 Å². The Morgan fingerprint density at radius 2 is 1.38 bits per heavy atom. The van der Waals surface area contributed by atoms with Crippen molar-refractivity contribution in [3.8, 4) is 22.7 Å². The number of hydrogen-bond acceptors (Lipinski definition) is 5. The number of benzene rings is 4. The van der Waals surface area contributed by atoms with Crippen molar-refractivity contribution in [1.29, 1.82) is 0 Å². The predicted octanol–water partition coefficient (Wildman–Crippen LogP) is 6.25. The van der Waals surface area contributed by atoms with Gasteiger partial charge in [0.2, 0.25) is 5.78 Å². The summed E-state index contributed by atoms with van der Waals surface area (Å²) in [6.07, 6.45) is 3.53. The van der Waals surface area contributed by atoms with Crippen molar-refractivity contribution in [2.75, 3.05) is 7.11 Å². The quantitative estimate of drug-likeness (QED) is 0.148. The van der Waals surface area contributed by atoms with Gasteiger partial charge in [0.15, 0.2) is 0 Å². The SMILES string of the molecule is COc1ccc(-c2nn(-c3ccccc3)cc2C=NN=C(C(=O)c2ccccc2)c2ccccc2)cc1. The van der Waals surface area contributed by atoms with Crippen molar-refractivity contribution in [2.45, 2.75) is 0 Å². The largest absolute Gasteiger partial charge is 0.497 e. The summed E-state index contributed by atoms with van der Waals surface area (Å²) >= 11 is 0. The number of carbonyl (C=O) groups excluding carboxylic acids is 1. The van der Waals surface area contributed by atoms with E-state index in [9.17, 15) is 4.79 Å². The summed E-state index contributed by atoms with van der Waals surface area (Å²) in [5, 5.41) is 13.6. The maximum atomic E-state index is 13.3. The first-order chi connectivity index (χ1) is 18.2. The monoisotopic (exact) mass is 484 g/mol. The van der Waals surface area contributed by atoms with E-state index in [1.807, 2.05) is 109 Å². The van der Waals surface area contributed by atoms with Crippen LogP contribution in [0.2, 0.25) is 0 Å². The summed E-state index contributed by atoms with van der Waals surface area (Å²) in [5.41, 5.74) is 4.84. The fourth-order valence-electron chi connectivity index (χ4n) is 3.87. The van der Waals surface area contributed by atoms with Gasteiger partial charge in [0.1, 0.15) is 17.2 Å². The minimum absolute atomic E-state index is 0.195. The van der Waals surface area contributed by atoms with Gasteiger partial charge in [-0.1, -0.05) is 78.9 Å². The number of Topliss-reactive ketones (excluding diaryl/α,β-unsaturated/α-hetero) is 1. The molecule has 6 heteroatoms. The highest BCUT2D eigenvalue weighted by molar-refractivity contribution is 6.51. The molecule has 0 aliphatic heterocycles. The molecule has 0 aliphatic rings. The maximum absolute atomic E-state index is 13.3. The second-order valence-electron chi connectivity index (χ2n) is 8.20. The summed E-state index contributed by atoms with van der Waals surface area (Å²) in [6, 6.07) is 36.0. The van der Waals surface area contributed by atoms with Gasteiger partial charge in [-0.05, 0) is 36.4 Å². The van der Waals surface area contributed by atoms with E-state index in [0.29, 0.717) is 11.1 Å². The summed E-state index contributed by atoms with van der Waals surface area (Å²) in [7, 11) is 1.64. The van der Waals surface area contributed by atoms with Gasteiger partial charge in [-0.15, -0.1) is 5.10 Å². The number of aromatic nitrogens is 2. The lowest BCUT2D eigenvalue weighted by Gasteiger charge is -2.04. The molecule has 0 unspecified atom stereocenters. The molecular weight excluding hydrogens is 460 g/mol. The zero-order chi connectivity index (χ0) is 25.5. The van der Waals surface area contributed by atoms with Crippen LogP contribution >= 0.6 is 0 Å². The molecule has 0 saturated heterocycles. The third-order valence-electron chi connectivity index (χ3n) is 5.78. The summed E-state index contributed by atoms with van der Waals surface area (Å²) in [5.74, 6) is 0.567. The van der Waals surface area contributed by atoms with E-state index in [4.69, 9.17) is 9.84 Å². The zero-order valence-electron chi connectivity index (χ0n) is 20.2. The van der Waals surface area contributed by atoms with E-state index in [1.165, 1.54) is 0 Å². The van der Waals surface area contributed by atoms with Gasteiger partial charge in [-0.3, -0.25) is 4.79 Å². The van der Waals surface area contributed by atoms with Crippen molar-refractivity contribution in [1.82, 2.24) is 9.78 Å². The topological polar surface area (TPSA) is 68.8 Å². The van der Waals surface area contributed by atoms with E-state index in [-0.39, 0.29) is 11.5 Å². The smallest absolute Gasteiger partial charge is 0.213 e. The normalized spacial score (nSPS) is 11.5. The standard InChI is InChI=1S/C31H24N4O2/c1-37-28-19-17-24(18-20-28)29-26(22-35(34-29)27-15-9-4-10-16-27)21-32-33-30(23-11-5-2-6-12-23)31(36)25-13-7-3-8-14-25/h2-22H,1H3. The molecular formula is C31H24N4O2. The first-order valence-electron chi connectivity index (χ1n) is 11.8. The average molecular weight is 485 g/mol. The zero-order valence-corrected chi connectivity index (χ0v) is 20.2. The summed E-state index contributed by atoms with van der Waals surface area (Å²) < 4.78 is 7.10. The lowest BCUT2D eigenvalue weighted by atomic mass is 10.0. The van der Waals surface area contributed by atoms with Crippen LogP contribution in [0.1, 0.15) is 21.5 Å². The number of rotatable bonds is 8. The molecule has 37 heavy (non-hydrogen) atoms. The molecule has 0 N–H and O–H groups in total.